The van der Waals surface area contributed by atoms with E-state index in [1.165, 1.54) is 51.4 Å². The number of allylic oxidation sites excluding steroid dienone is 2. The highest BCUT2D eigenvalue weighted by atomic mass is 14.6. The van der Waals surface area contributed by atoms with Crippen molar-refractivity contribution in [1.29, 1.82) is 5.26 Å². The smallest absolute Gasteiger partial charge is 0.0943 e. The fraction of sp³-hybridized carbons (Fsp3) is 0.897. The Morgan fingerprint density at radius 2 is 1.70 bits per heavy atom. The summed E-state index contributed by atoms with van der Waals surface area (Å²) in [7, 11) is 0. The van der Waals surface area contributed by atoms with Crippen LogP contribution in [-0.4, -0.2) is 0 Å². The van der Waals surface area contributed by atoms with Crippen LogP contribution in [0, 0.1) is 69.5 Å². The molecule has 4 aliphatic carbocycles. The van der Waals surface area contributed by atoms with Crippen molar-refractivity contribution in [3.8, 4) is 6.07 Å². The molecule has 0 amide bonds. The van der Waals surface area contributed by atoms with Gasteiger partial charge in [0.2, 0.25) is 0 Å². The van der Waals surface area contributed by atoms with E-state index in [1.807, 2.05) is 0 Å². The Morgan fingerprint density at radius 1 is 0.967 bits per heavy atom. The van der Waals surface area contributed by atoms with Crippen LogP contribution in [0.2, 0.25) is 0 Å². The van der Waals surface area contributed by atoms with Gasteiger partial charge in [0.25, 0.3) is 0 Å². The summed E-state index contributed by atoms with van der Waals surface area (Å²) in [6.07, 6.45) is 16.1. The van der Waals surface area contributed by atoms with Gasteiger partial charge in [0.1, 0.15) is 0 Å². The molecule has 30 heavy (non-hydrogen) atoms. The molecule has 9 atom stereocenters. The Bertz CT molecular complexity index is 698. The van der Waals surface area contributed by atoms with E-state index in [-0.39, 0.29) is 0 Å². The SMILES string of the molecule is CC(C)[C@@H](C)CC[C@@H](C)[C@H]1CC[C@H]2[C@@H]3CC[C@H]4CC(C#N)=CC[C@]4(C)[C@H]3CC[C@]12C. The number of fused-ring (bicyclic) bond motifs is 5. The quantitative estimate of drug-likeness (QED) is 0.447. The Balaban J connectivity index is 1.48. The van der Waals surface area contributed by atoms with Gasteiger partial charge in [-0.05, 0) is 110 Å². The highest BCUT2D eigenvalue weighted by molar-refractivity contribution is 5.26. The van der Waals surface area contributed by atoms with Gasteiger partial charge in [0, 0.05) is 5.57 Å². The Labute approximate surface area is 187 Å². The molecule has 0 bridgehead atoms. The standard InChI is InChI=1S/C29H47N/c1-19(2)20(3)7-8-21(4)25-11-12-26-24-10-9-23-17-22(18-30)13-15-28(23,5)27(24)14-16-29(25,26)6/h13,19-21,23-27H,7-12,14-17H2,1-6H3/t20-,21+,23-,24-,25+,26-,27-,28-,29+/m0/s1. The van der Waals surface area contributed by atoms with E-state index in [4.69, 9.17) is 0 Å². The lowest BCUT2D eigenvalue weighted by Gasteiger charge is -2.60. The summed E-state index contributed by atoms with van der Waals surface area (Å²) < 4.78 is 0. The molecule has 3 saturated carbocycles. The maximum atomic E-state index is 9.43. The first-order valence-corrected chi connectivity index (χ1v) is 13.3. The molecular weight excluding hydrogens is 362 g/mol. The summed E-state index contributed by atoms with van der Waals surface area (Å²) in [5.41, 5.74) is 2.12. The van der Waals surface area contributed by atoms with Crippen LogP contribution in [0.5, 0.6) is 0 Å². The first kappa shape index (κ1) is 22.4. The van der Waals surface area contributed by atoms with Crippen LogP contribution in [0.25, 0.3) is 0 Å². The summed E-state index contributed by atoms with van der Waals surface area (Å²) in [6, 6.07) is 2.48. The second-order valence-corrected chi connectivity index (χ2v) is 12.9. The topological polar surface area (TPSA) is 23.8 Å². The number of hydrogen-bond donors (Lipinski definition) is 0. The number of nitriles is 1. The Hall–Kier alpha value is -0.770. The fourth-order valence-corrected chi connectivity index (χ4v) is 9.01. The molecule has 1 nitrogen and oxygen atoms in total. The Kier molecular flexibility index (Phi) is 6.20. The van der Waals surface area contributed by atoms with Crippen LogP contribution in [0.15, 0.2) is 11.6 Å². The highest BCUT2D eigenvalue weighted by Gasteiger charge is 2.60. The van der Waals surface area contributed by atoms with Crippen molar-refractivity contribution in [3.63, 3.8) is 0 Å². The summed E-state index contributed by atoms with van der Waals surface area (Å²) in [6.45, 7) is 15.1. The minimum atomic E-state index is 0.459. The van der Waals surface area contributed by atoms with Crippen LogP contribution in [0.1, 0.15) is 106 Å². The van der Waals surface area contributed by atoms with Gasteiger partial charge in [0.05, 0.1) is 6.07 Å². The van der Waals surface area contributed by atoms with Crippen molar-refractivity contribution in [3.05, 3.63) is 11.6 Å². The molecule has 0 aromatic heterocycles. The Morgan fingerprint density at radius 3 is 2.40 bits per heavy atom. The number of nitrogens with zero attached hydrogens (tertiary/aromatic N) is 1. The second-order valence-electron chi connectivity index (χ2n) is 12.9. The van der Waals surface area contributed by atoms with Crippen LogP contribution < -0.4 is 0 Å². The third kappa shape index (κ3) is 3.59. The van der Waals surface area contributed by atoms with Crippen molar-refractivity contribution in [2.24, 2.45) is 58.2 Å². The summed E-state index contributed by atoms with van der Waals surface area (Å²) in [4.78, 5) is 0. The molecule has 0 N–H and O–H groups in total. The van der Waals surface area contributed by atoms with Crippen molar-refractivity contribution in [1.82, 2.24) is 0 Å². The molecule has 0 aromatic carbocycles. The van der Waals surface area contributed by atoms with E-state index in [9.17, 15) is 5.26 Å². The number of hydrogen-bond acceptors (Lipinski definition) is 1. The fourth-order valence-electron chi connectivity index (χ4n) is 9.01. The molecule has 0 saturated heterocycles. The first-order valence-electron chi connectivity index (χ1n) is 13.3. The van der Waals surface area contributed by atoms with Gasteiger partial charge in [-0.2, -0.15) is 5.26 Å². The molecule has 1 heteroatoms. The van der Waals surface area contributed by atoms with E-state index in [0.29, 0.717) is 10.8 Å². The van der Waals surface area contributed by atoms with Gasteiger partial charge in [-0.25, -0.2) is 0 Å². The minimum Gasteiger partial charge on any atom is -0.193 e. The second kappa shape index (κ2) is 8.30. The van der Waals surface area contributed by atoms with Crippen molar-refractivity contribution < 1.29 is 0 Å². The molecule has 0 radical (unpaired) electrons. The van der Waals surface area contributed by atoms with Crippen LogP contribution in [-0.2, 0) is 0 Å². The third-order valence-corrected chi connectivity index (χ3v) is 11.4. The monoisotopic (exact) mass is 409 g/mol. The molecule has 0 heterocycles. The first-order chi connectivity index (χ1) is 14.2. The predicted molar refractivity (Wildman–Crippen MR) is 127 cm³/mol. The maximum Gasteiger partial charge on any atom is 0.0943 e. The zero-order valence-corrected chi connectivity index (χ0v) is 20.7. The number of rotatable bonds is 5. The van der Waals surface area contributed by atoms with E-state index >= 15 is 0 Å². The molecule has 0 aromatic rings. The van der Waals surface area contributed by atoms with Gasteiger partial charge in [-0.15, -0.1) is 0 Å². The summed E-state index contributed by atoms with van der Waals surface area (Å²) in [5, 5.41) is 9.43. The van der Waals surface area contributed by atoms with Gasteiger partial charge in [0.15, 0.2) is 0 Å². The van der Waals surface area contributed by atoms with E-state index < -0.39 is 0 Å². The van der Waals surface area contributed by atoms with Crippen molar-refractivity contribution >= 4 is 0 Å². The zero-order valence-electron chi connectivity index (χ0n) is 20.7. The highest BCUT2D eigenvalue weighted by Crippen LogP contribution is 2.68. The van der Waals surface area contributed by atoms with E-state index in [0.717, 1.165) is 65.8 Å². The largest absolute Gasteiger partial charge is 0.193 e. The molecule has 168 valence electrons. The normalized spacial score (nSPS) is 45.0. The lowest BCUT2D eigenvalue weighted by molar-refractivity contribution is -0.101. The molecule has 3 fully saturated rings. The molecule has 0 unspecified atom stereocenters. The maximum absolute atomic E-state index is 9.43. The predicted octanol–water partition coefficient (Wildman–Crippen LogP) is 8.41. The van der Waals surface area contributed by atoms with Gasteiger partial charge in [-0.1, -0.05) is 60.5 Å². The van der Waals surface area contributed by atoms with Gasteiger partial charge >= 0.3 is 0 Å². The summed E-state index contributed by atoms with van der Waals surface area (Å²) >= 11 is 0. The minimum absolute atomic E-state index is 0.459. The average molecular weight is 410 g/mol. The van der Waals surface area contributed by atoms with Gasteiger partial charge < -0.3 is 0 Å². The third-order valence-electron chi connectivity index (χ3n) is 11.4. The molecule has 0 spiro atoms. The average Bonchev–Trinajstić information content (AvgIpc) is 3.08. The van der Waals surface area contributed by atoms with Crippen LogP contribution >= 0.6 is 0 Å². The molecular formula is C29H47N. The zero-order chi connectivity index (χ0) is 21.7. The van der Waals surface area contributed by atoms with E-state index in [2.05, 4.69) is 53.7 Å². The van der Waals surface area contributed by atoms with E-state index in [1.54, 1.807) is 0 Å². The van der Waals surface area contributed by atoms with Crippen molar-refractivity contribution in [2.45, 2.75) is 106 Å². The van der Waals surface area contributed by atoms with Gasteiger partial charge in [-0.3, -0.25) is 0 Å². The summed E-state index contributed by atoms with van der Waals surface area (Å²) in [5.74, 6) is 7.10. The van der Waals surface area contributed by atoms with Crippen LogP contribution in [0.4, 0.5) is 0 Å². The molecule has 0 aliphatic heterocycles. The van der Waals surface area contributed by atoms with Crippen LogP contribution in [0.3, 0.4) is 0 Å². The molecule has 4 rings (SSSR count). The lowest BCUT2D eigenvalue weighted by atomic mass is 9.45. The molecule has 4 aliphatic rings. The lowest BCUT2D eigenvalue weighted by Crippen LogP contribution is -2.52. The van der Waals surface area contributed by atoms with Crippen molar-refractivity contribution in [2.75, 3.05) is 0 Å².